The molecule has 146 valence electrons. The van der Waals surface area contributed by atoms with Gasteiger partial charge in [0.25, 0.3) is 0 Å². The number of ketones is 2. The fourth-order valence-electron chi connectivity index (χ4n) is 3.92. The number of phenols is 2. The monoisotopic (exact) mass is 401 g/mol. The van der Waals surface area contributed by atoms with Gasteiger partial charge in [-0.15, -0.1) is 0 Å². The van der Waals surface area contributed by atoms with Gasteiger partial charge in [-0.05, 0) is 18.9 Å². The van der Waals surface area contributed by atoms with Crippen molar-refractivity contribution in [1.29, 1.82) is 0 Å². The Morgan fingerprint density at radius 2 is 1.46 bits per heavy atom. The summed E-state index contributed by atoms with van der Waals surface area (Å²) in [6.45, 7) is 0. The van der Waals surface area contributed by atoms with E-state index in [1.807, 2.05) is 0 Å². The summed E-state index contributed by atoms with van der Waals surface area (Å²) in [4.78, 5) is 25.5. The predicted octanol–water partition coefficient (Wildman–Crippen LogP) is 2.95. The summed E-state index contributed by atoms with van der Waals surface area (Å²) in [7, 11) is -3.81. The van der Waals surface area contributed by atoms with Crippen LogP contribution in [-0.2, 0) is 10.0 Å². The van der Waals surface area contributed by atoms with Crippen molar-refractivity contribution >= 4 is 27.3 Å². The van der Waals surface area contributed by atoms with Gasteiger partial charge in [0.2, 0.25) is 10.0 Å². The number of phenolic OH excluding ortho intramolecular Hbond substituents is 2. The first-order valence-electron chi connectivity index (χ1n) is 9.10. The van der Waals surface area contributed by atoms with Crippen LogP contribution in [0.3, 0.4) is 0 Å². The van der Waals surface area contributed by atoms with Gasteiger partial charge < -0.3 is 10.2 Å². The maximum Gasteiger partial charge on any atom is 0.235 e. The molecule has 2 aromatic carbocycles. The lowest BCUT2D eigenvalue weighted by atomic mass is 9.83. The lowest BCUT2D eigenvalue weighted by Crippen LogP contribution is -2.30. The second kappa shape index (κ2) is 6.63. The maximum absolute atomic E-state index is 12.8. The summed E-state index contributed by atoms with van der Waals surface area (Å²) < 4.78 is 27.7. The lowest BCUT2D eigenvalue weighted by Gasteiger charge is -2.24. The molecule has 0 spiro atoms. The Balaban J connectivity index is 1.79. The molecular formula is C20H19NO6S. The first-order chi connectivity index (χ1) is 13.3. The van der Waals surface area contributed by atoms with Crippen LogP contribution in [-0.4, -0.2) is 35.4 Å². The van der Waals surface area contributed by atoms with Crippen LogP contribution in [0.15, 0.2) is 30.3 Å². The number of aromatic hydroxyl groups is 2. The van der Waals surface area contributed by atoms with E-state index in [0.717, 1.165) is 25.3 Å². The van der Waals surface area contributed by atoms with Gasteiger partial charge in [0.15, 0.2) is 23.1 Å². The molecular weight excluding hydrogens is 382 g/mol. The molecule has 2 aliphatic carbocycles. The highest BCUT2D eigenvalue weighted by molar-refractivity contribution is 7.93. The highest BCUT2D eigenvalue weighted by atomic mass is 32.2. The minimum Gasteiger partial charge on any atom is -0.504 e. The van der Waals surface area contributed by atoms with Gasteiger partial charge >= 0.3 is 0 Å². The molecule has 3 N–H and O–H groups in total. The van der Waals surface area contributed by atoms with Gasteiger partial charge in [-0.25, -0.2) is 8.42 Å². The SMILES string of the molecule is O=C1c2ccccc2C(=O)c2c1cc(NS(=O)(=O)C1CCCCC1)c(O)c2O. The quantitative estimate of drug-likeness (QED) is 0.580. The number of fused-ring (bicyclic) bond motifs is 2. The van der Waals surface area contributed by atoms with Crippen LogP contribution in [0, 0.1) is 0 Å². The predicted molar refractivity (Wildman–Crippen MR) is 102 cm³/mol. The van der Waals surface area contributed by atoms with E-state index < -0.39 is 38.3 Å². The van der Waals surface area contributed by atoms with Crippen molar-refractivity contribution in [3.05, 3.63) is 52.6 Å². The molecule has 0 bridgehead atoms. The van der Waals surface area contributed by atoms with Crippen molar-refractivity contribution in [2.45, 2.75) is 37.4 Å². The molecule has 8 heteroatoms. The second-order valence-corrected chi connectivity index (χ2v) is 9.12. The minimum atomic E-state index is -3.81. The molecule has 0 heterocycles. The third-order valence-corrected chi connectivity index (χ3v) is 7.26. The average Bonchev–Trinajstić information content (AvgIpc) is 2.70. The lowest BCUT2D eigenvalue weighted by molar-refractivity contribution is 0.0976. The second-order valence-electron chi connectivity index (χ2n) is 7.15. The zero-order valence-corrected chi connectivity index (χ0v) is 15.8. The van der Waals surface area contributed by atoms with Crippen LogP contribution < -0.4 is 4.72 Å². The Labute approximate surface area is 162 Å². The molecule has 1 fully saturated rings. The molecule has 0 radical (unpaired) electrons. The first-order valence-corrected chi connectivity index (χ1v) is 10.6. The van der Waals surface area contributed by atoms with Gasteiger partial charge in [0.1, 0.15) is 0 Å². The smallest absolute Gasteiger partial charge is 0.235 e. The number of carbonyl (C=O) groups is 2. The Morgan fingerprint density at radius 3 is 2.11 bits per heavy atom. The molecule has 2 aromatic rings. The zero-order chi connectivity index (χ0) is 20.1. The summed E-state index contributed by atoms with van der Waals surface area (Å²) in [5, 5.41) is 20.1. The number of hydrogen-bond acceptors (Lipinski definition) is 6. The van der Waals surface area contributed by atoms with E-state index in [9.17, 15) is 28.2 Å². The van der Waals surface area contributed by atoms with Crippen LogP contribution in [0.2, 0.25) is 0 Å². The molecule has 0 atom stereocenters. The van der Waals surface area contributed by atoms with Gasteiger partial charge in [0.05, 0.1) is 16.5 Å². The van der Waals surface area contributed by atoms with Crippen LogP contribution in [0.4, 0.5) is 5.69 Å². The van der Waals surface area contributed by atoms with Gasteiger partial charge in [-0.2, -0.15) is 0 Å². The Bertz CT molecular complexity index is 1100. The van der Waals surface area contributed by atoms with Crippen molar-refractivity contribution in [3.8, 4) is 11.5 Å². The number of rotatable bonds is 3. The largest absolute Gasteiger partial charge is 0.504 e. The minimum absolute atomic E-state index is 0.130. The van der Waals surface area contributed by atoms with Gasteiger partial charge in [0, 0.05) is 16.7 Å². The number of anilines is 1. The van der Waals surface area contributed by atoms with E-state index in [1.165, 1.54) is 12.1 Å². The molecule has 0 aromatic heterocycles. The molecule has 0 aliphatic heterocycles. The van der Waals surface area contributed by atoms with E-state index in [-0.39, 0.29) is 27.9 Å². The molecule has 7 nitrogen and oxygen atoms in total. The molecule has 0 amide bonds. The Morgan fingerprint density at radius 1 is 0.857 bits per heavy atom. The molecule has 2 aliphatic rings. The summed E-state index contributed by atoms with van der Waals surface area (Å²) in [6.07, 6.45) is 3.61. The molecule has 0 saturated heterocycles. The van der Waals surface area contributed by atoms with Crippen LogP contribution in [0.5, 0.6) is 11.5 Å². The third kappa shape index (κ3) is 2.84. The summed E-state index contributed by atoms with van der Waals surface area (Å²) in [5.41, 5.74) is -0.457. The highest BCUT2D eigenvalue weighted by Crippen LogP contribution is 2.43. The number of hydrogen-bond donors (Lipinski definition) is 3. The van der Waals surface area contributed by atoms with E-state index in [4.69, 9.17) is 0 Å². The number of sulfonamides is 1. The number of carbonyl (C=O) groups excluding carboxylic acids is 2. The number of nitrogens with one attached hydrogen (secondary N) is 1. The Hall–Kier alpha value is -2.87. The highest BCUT2D eigenvalue weighted by Gasteiger charge is 2.35. The normalized spacial score (nSPS) is 17.1. The van der Waals surface area contributed by atoms with Crippen molar-refractivity contribution in [3.63, 3.8) is 0 Å². The van der Waals surface area contributed by atoms with Crippen molar-refractivity contribution in [2.75, 3.05) is 4.72 Å². The van der Waals surface area contributed by atoms with E-state index in [0.29, 0.717) is 12.8 Å². The van der Waals surface area contributed by atoms with Gasteiger partial charge in [-0.3, -0.25) is 14.3 Å². The van der Waals surface area contributed by atoms with Crippen molar-refractivity contribution in [2.24, 2.45) is 0 Å². The molecule has 4 rings (SSSR count). The fraction of sp³-hybridized carbons (Fsp3) is 0.300. The van der Waals surface area contributed by atoms with Crippen molar-refractivity contribution in [1.82, 2.24) is 0 Å². The molecule has 28 heavy (non-hydrogen) atoms. The summed E-state index contributed by atoms with van der Waals surface area (Å²) in [5.74, 6) is -2.68. The molecule has 0 unspecified atom stereocenters. The topological polar surface area (TPSA) is 121 Å². The third-order valence-electron chi connectivity index (χ3n) is 5.41. The first kappa shape index (κ1) is 18.5. The Kier molecular flexibility index (Phi) is 4.38. The van der Waals surface area contributed by atoms with E-state index in [2.05, 4.69) is 4.72 Å². The zero-order valence-electron chi connectivity index (χ0n) is 14.9. The van der Waals surface area contributed by atoms with E-state index >= 15 is 0 Å². The maximum atomic E-state index is 12.8. The average molecular weight is 401 g/mol. The fourth-order valence-corrected chi connectivity index (χ4v) is 5.50. The van der Waals surface area contributed by atoms with Crippen LogP contribution in [0.1, 0.15) is 63.9 Å². The van der Waals surface area contributed by atoms with E-state index in [1.54, 1.807) is 12.1 Å². The van der Waals surface area contributed by atoms with Crippen LogP contribution in [0.25, 0.3) is 0 Å². The summed E-state index contributed by atoms with van der Waals surface area (Å²) >= 11 is 0. The van der Waals surface area contributed by atoms with Crippen molar-refractivity contribution < 1.29 is 28.2 Å². The van der Waals surface area contributed by atoms with Gasteiger partial charge in [-0.1, -0.05) is 43.5 Å². The standard InChI is InChI=1S/C20H19NO6S/c22-17-12-8-4-5-9-13(12)18(23)16-14(17)10-15(19(24)20(16)25)21-28(26,27)11-6-2-1-3-7-11/h4-5,8-11,21,24-25H,1-3,6-7H2. The summed E-state index contributed by atoms with van der Waals surface area (Å²) in [6, 6.07) is 7.30. The number of benzene rings is 2. The molecule has 1 saturated carbocycles. The van der Waals surface area contributed by atoms with Crippen LogP contribution >= 0.6 is 0 Å².